The van der Waals surface area contributed by atoms with Crippen LogP contribution in [0.25, 0.3) is 0 Å². The van der Waals surface area contributed by atoms with Gasteiger partial charge in [0.25, 0.3) is 0 Å². The Morgan fingerprint density at radius 2 is 2.11 bits per heavy atom. The minimum atomic E-state index is -3.57. The first kappa shape index (κ1) is 14.3. The van der Waals surface area contributed by atoms with Crippen molar-refractivity contribution in [3.05, 3.63) is 23.8 Å². The summed E-state index contributed by atoms with van der Waals surface area (Å²) >= 11 is 0. The van der Waals surface area contributed by atoms with Crippen LogP contribution in [0.1, 0.15) is 18.4 Å². The molecule has 0 bridgehead atoms. The van der Waals surface area contributed by atoms with E-state index in [0.717, 1.165) is 12.8 Å². The highest BCUT2D eigenvalue weighted by Crippen LogP contribution is 2.33. The molecule has 1 aromatic carbocycles. The zero-order chi connectivity index (χ0) is 14.0. The van der Waals surface area contributed by atoms with Crippen LogP contribution < -0.4 is 4.74 Å². The van der Waals surface area contributed by atoms with E-state index in [-0.39, 0.29) is 11.5 Å². The third-order valence-electron chi connectivity index (χ3n) is 3.31. The topological polar surface area (TPSA) is 66.8 Å². The Kier molecular flexibility index (Phi) is 4.13. The van der Waals surface area contributed by atoms with E-state index in [2.05, 4.69) is 0 Å². The summed E-state index contributed by atoms with van der Waals surface area (Å²) in [7, 11) is -0.552. The van der Waals surface area contributed by atoms with Crippen molar-refractivity contribution in [3.8, 4) is 5.75 Å². The molecule has 0 spiro atoms. The van der Waals surface area contributed by atoms with Crippen LogP contribution >= 0.6 is 0 Å². The van der Waals surface area contributed by atoms with Crippen LogP contribution in [-0.2, 0) is 16.6 Å². The Hall–Kier alpha value is -1.11. The zero-order valence-electron chi connectivity index (χ0n) is 11.2. The molecule has 5 nitrogen and oxygen atoms in total. The van der Waals surface area contributed by atoms with Crippen LogP contribution in [0.3, 0.4) is 0 Å². The summed E-state index contributed by atoms with van der Waals surface area (Å²) < 4.78 is 31.5. The molecule has 0 aromatic heterocycles. The number of ether oxygens (including phenoxy) is 1. The lowest BCUT2D eigenvalue weighted by atomic mass is 10.2. The van der Waals surface area contributed by atoms with E-state index in [9.17, 15) is 8.42 Å². The first-order chi connectivity index (χ1) is 8.98. The van der Waals surface area contributed by atoms with Gasteiger partial charge in [-0.25, -0.2) is 12.7 Å². The van der Waals surface area contributed by atoms with Crippen molar-refractivity contribution in [2.75, 3.05) is 20.7 Å². The van der Waals surface area contributed by atoms with E-state index in [1.807, 2.05) is 0 Å². The van der Waals surface area contributed by atoms with Crippen molar-refractivity contribution in [2.45, 2.75) is 24.3 Å². The minimum absolute atomic E-state index is 0.115. The maximum absolute atomic E-state index is 12.5. The number of hydrogen-bond donors (Lipinski definition) is 1. The molecule has 1 saturated carbocycles. The van der Waals surface area contributed by atoms with E-state index in [1.165, 1.54) is 17.5 Å². The van der Waals surface area contributed by atoms with Crippen molar-refractivity contribution >= 4 is 10.0 Å². The van der Waals surface area contributed by atoms with Crippen LogP contribution in [-0.4, -0.2) is 38.5 Å². The van der Waals surface area contributed by atoms with E-state index in [0.29, 0.717) is 23.8 Å². The number of aliphatic hydroxyl groups is 1. The summed E-state index contributed by atoms with van der Waals surface area (Å²) in [4.78, 5) is 0.115. The SMILES string of the molecule is COc1ccc(CO)cc1S(=O)(=O)N(C)CC1CC1. The summed E-state index contributed by atoms with van der Waals surface area (Å²) in [5.41, 5.74) is 0.555. The Morgan fingerprint density at radius 3 is 2.63 bits per heavy atom. The van der Waals surface area contributed by atoms with Gasteiger partial charge in [-0.3, -0.25) is 0 Å². The molecule has 0 atom stereocenters. The second-order valence-corrected chi connectivity index (χ2v) is 6.89. The average molecular weight is 285 g/mol. The molecule has 19 heavy (non-hydrogen) atoms. The van der Waals surface area contributed by atoms with E-state index in [4.69, 9.17) is 9.84 Å². The Bertz CT molecular complexity index is 552. The molecule has 0 saturated heterocycles. The number of methoxy groups -OCH3 is 1. The average Bonchev–Trinajstić information content (AvgIpc) is 3.21. The fraction of sp³-hybridized carbons (Fsp3) is 0.538. The van der Waals surface area contributed by atoms with Crippen molar-refractivity contribution < 1.29 is 18.3 Å². The maximum Gasteiger partial charge on any atom is 0.246 e. The molecule has 2 rings (SSSR count). The third kappa shape index (κ3) is 3.08. The summed E-state index contributed by atoms with van der Waals surface area (Å²) in [5.74, 6) is 0.784. The van der Waals surface area contributed by atoms with Gasteiger partial charge in [-0.1, -0.05) is 6.07 Å². The molecule has 0 heterocycles. The quantitative estimate of drug-likeness (QED) is 0.853. The van der Waals surface area contributed by atoms with Gasteiger partial charge in [0.1, 0.15) is 10.6 Å². The second-order valence-electron chi connectivity index (χ2n) is 4.87. The predicted molar refractivity (Wildman–Crippen MR) is 71.5 cm³/mol. The van der Waals surface area contributed by atoms with Crippen molar-refractivity contribution in [3.63, 3.8) is 0 Å². The number of benzene rings is 1. The molecule has 1 aromatic rings. The third-order valence-corrected chi connectivity index (χ3v) is 5.16. The van der Waals surface area contributed by atoms with Crippen molar-refractivity contribution in [1.29, 1.82) is 0 Å². The predicted octanol–water partition coefficient (Wildman–Crippen LogP) is 1.22. The van der Waals surface area contributed by atoms with Crippen molar-refractivity contribution in [1.82, 2.24) is 4.31 Å². The van der Waals surface area contributed by atoms with Crippen LogP contribution in [0, 0.1) is 5.92 Å². The number of rotatable bonds is 6. The van der Waals surface area contributed by atoms with Gasteiger partial charge in [-0.15, -0.1) is 0 Å². The van der Waals surface area contributed by atoms with Gasteiger partial charge in [-0.05, 0) is 36.5 Å². The first-order valence-corrected chi connectivity index (χ1v) is 7.67. The number of aliphatic hydroxyl groups excluding tert-OH is 1. The van der Waals surface area contributed by atoms with Crippen molar-refractivity contribution in [2.24, 2.45) is 5.92 Å². The number of sulfonamides is 1. The van der Waals surface area contributed by atoms with Crippen LogP contribution in [0.5, 0.6) is 5.75 Å². The van der Waals surface area contributed by atoms with Gasteiger partial charge < -0.3 is 9.84 Å². The first-order valence-electron chi connectivity index (χ1n) is 6.23. The fourth-order valence-corrected chi connectivity index (χ4v) is 3.40. The maximum atomic E-state index is 12.5. The highest BCUT2D eigenvalue weighted by Gasteiger charge is 2.31. The van der Waals surface area contributed by atoms with Crippen LogP contribution in [0.4, 0.5) is 0 Å². The molecule has 1 aliphatic rings. The summed E-state index contributed by atoms with van der Waals surface area (Å²) in [6.07, 6.45) is 2.18. The smallest absolute Gasteiger partial charge is 0.246 e. The number of hydrogen-bond acceptors (Lipinski definition) is 4. The largest absolute Gasteiger partial charge is 0.495 e. The standard InChI is InChI=1S/C13H19NO4S/c1-14(8-10-3-4-10)19(16,17)13-7-11(9-15)5-6-12(13)18-2/h5-7,10,15H,3-4,8-9H2,1-2H3. The molecule has 1 fully saturated rings. The Morgan fingerprint density at radius 1 is 1.42 bits per heavy atom. The van der Waals surface area contributed by atoms with Gasteiger partial charge in [0.15, 0.2) is 0 Å². The Labute approximate surface area is 113 Å². The highest BCUT2D eigenvalue weighted by atomic mass is 32.2. The molecule has 6 heteroatoms. The van der Waals surface area contributed by atoms with Gasteiger partial charge in [0.05, 0.1) is 13.7 Å². The summed E-state index contributed by atoms with van der Waals surface area (Å²) in [6, 6.07) is 4.69. The van der Waals surface area contributed by atoms with Crippen LogP contribution in [0.2, 0.25) is 0 Å². The van der Waals surface area contributed by atoms with Gasteiger partial charge in [-0.2, -0.15) is 0 Å². The monoisotopic (exact) mass is 285 g/mol. The molecular weight excluding hydrogens is 266 g/mol. The van der Waals surface area contributed by atoms with Gasteiger partial charge in [0.2, 0.25) is 10.0 Å². The Balaban J connectivity index is 2.36. The number of nitrogens with zero attached hydrogens (tertiary/aromatic N) is 1. The van der Waals surface area contributed by atoms with E-state index >= 15 is 0 Å². The normalized spacial score (nSPS) is 15.8. The second kappa shape index (κ2) is 5.48. The van der Waals surface area contributed by atoms with E-state index in [1.54, 1.807) is 19.2 Å². The van der Waals surface area contributed by atoms with Gasteiger partial charge in [0, 0.05) is 13.6 Å². The fourth-order valence-electron chi connectivity index (χ4n) is 1.95. The molecule has 106 valence electrons. The lowest BCUT2D eigenvalue weighted by Gasteiger charge is -2.19. The lowest BCUT2D eigenvalue weighted by Crippen LogP contribution is -2.29. The van der Waals surface area contributed by atoms with Crippen LogP contribution in [0.15, 0.2) is 23.1 Å². The summed E-state index contributed by atoms with van der Waals surface area (Å²) in [5, 5.41) is 9.14. The molecule has 0 radical (unpaired) electrons. The molecule has 0 aliphatic heterocycles. The molecule has 1 N–H and O–H groups in total. The molecule has 0 amide bonds. The highest BCUT2D eigenvalue weighted by molar-refractivity contribution is 7.89. The zero-order valence-corrected chi connectivity index (χ0v) is 12.0. The van der Waals surface area contributed by atoms with Gasteiger partial charge >= 0.3 is 0 Å². The molecule has 1 aliphatic carbocycles. The minimum Gasteiger partial charge on any atom is -0.495 e. The summed E-state index contributed by atoms with van der Waals surface area (Å²) in [6.45, 7) is 0.341. The lowest BCUT2D eigenvalue weighted by molar-refractivity contribution is 0.281. The molecular formula is C13H19NO4S. The molecule has 0 unspecified atom stereocenters. The van der Waals surface area contributed by atoms with E-state index < -0.39 is 10.0 Å².